The van der Waals surface area contributed by atoms with Crippen LogP contribution in [0, 0.1) is 5.92 Å². The minimum absolute atomic E-state index is 0.0228. The summed E-state index contributed by atoms with van der Waals surface area (Å²) in [5.74, 6) is -0.0859. The first-order valence-electron chi connectivity index (χ1n) is 13.4. The average molecular weight is 505 g/mol. The lowest BCUT2D eigenvalue weighted by Crippen LogP contribution is -2.55. The van der Waals surface area contributed by atoms with Crippen molar-refractivity contribution >= 4 is 14.3 Å². The molecular weight excluding hydrogens is 456 g/mol. The third-order valence-electron chi connectivity index (χ3n) is 7.43. The van der Waals surface area contributed by atoms with E-state index in [1.54, 1.807) is 0 Å². The highest BCUT2D eigenvalue weighted by atomic mass is 28.4. The molecule has 1 saturated heterocycles. The van der Waals surface area contributed by atoms with E-state index in [0.29, 0.717) is 42.9 Å². The molecule has 1 fully saturated rings. The molecule has 0 amide bonds. The quantitative estimate of drug-likeness (QED) is 0.163. The average Bonchev–Trinajstić information content (AvgIpc) is 2.80. The first-order chi connectivity index (χ1) is 16.6. The van der Waals surface area contributed by atoms with Gasteiger partial charge in [-0.25, -0.2) is 4.79 Å². The van der Waals surface area contributed by atoms with Crippen LogP contribution in [-0.2, 0) is 30.0 Å². The van der Waals surface area contributed by atoms with E-state index in [1.165, 1.54) is 6.08 Å². The number of rotatable bonds is 13. The predicted molar refractivity (Wildman–Crippen MR) is 145 cm³/mol. The second-order valence-corrected chi connectivity index (χ2v) is 16.2. The van der Waals surface area contributed by atoms with E-state index in [4.69, 9.17) is 18.6 Å². The van der Waals surface area contributed by atoms with E-state index in [9.17, 15) is 4.79 Å². The Morgan fingerprint density at radius 2 is 1.71 bits per heavy atom. The molecule has 0 saturated carbocycles. The van der Waals surface area contributed by atoms with E-state index in [1.807, 2.05) is 31.2 Å². The van der Waals surface area contributed by atoms with Gasteiger partial charge in [0.15, 0.2) is 0 Å². The number of benzene rings is 1. The van der Waals surface area contributed by atoms with Gasteiger partial charge in [0.1, 0.15) is 0 Å². The van der Waals surface area contributed by atoms with Crippen LogP contribution in [0.3, 0.4) is 0 Å². The largest absolute Gasteiger partial charge is 0.463 e. The van der Waals surface area contributed by atoms with Gasteiger partial charge in [0.25, 0.3) is 0 Å². The van der Waals surface area contributed by atoms with Crippen molar-refractivity contribution in [3.63, 3.8) is 0 Å². The second-order valence-electron chi connectivity index (χ2n) is 10.8. The highest BCUT2D eigenvalue weighted by molar-refractivity contribution is 6.77. The van der Waals surface area contributed by atoms with E-state index in [2.05, 4.69) is 60.6 Å². The van der Waals surface area contributed by atoms with Crippen molar-refractivity contribution in [3.8, 4) is 0 Å². The number of ether oxygens (including phenoxy) is 3. The Morgan fingerprint density at radius 3 is 2.29 bits per heavy atom. The van der Waals surface area contributed by atoms with Crippen molar-refractivity contribution in [2.45, 2.75) is 110 Å². The lowest BCUT2D eigenvalue weighted by molar-refractivity contribution is -0.149. The van der Waals surface area contributed by atoms with Crippen LogP contribution in [-0.4, -0.2) is 45.8 Å². The molecule has 0 aliphatic carbocycles. The zero-order valence-corrected chi connectivity index (χ0v) is 24.2. The molecule has 0 bridgehead atoms. The standard InChI is InChI=1S/C29H48O5Si/c1-9-32-29(30)17-13-16-26-18-27(34-35(21(2)3,22(4)5)23(6)7)24(8)28(33-26)20-31-19-25-14-11-10-12-15-25/h10-15,17,21-24,26-28H,9,16,18-20H2,1-8H3/b17-13+/t24-,26+,27+,28-/m0/s1. The maximum atomic E-state index is 11.8. The summed E-state index contributed by atoms with van der Waals surface area (Å²) in [5, 5.41) is 0. The molecule has 1 aliphatic heterocycles. The number of carbonyl (C=O) groups excluding carboxylic acids is 1. The van der Waals surface area contributed by atoms with Gasteiger partial charge in [0.05, 0.1) is 38.1 Å². The van der Waals surface area contributed by atoms with Crippen molar-refractivity contribution in [1.82, 2.24) is 0 Å². The van der Waals surface area contributed by atoms with Crippen molar-refractivity contribution in [1.29, 1.82) is 0 Å². The molecule has 0 N–H and O–H groups in total. The Morgan fingerprint density at radius 1 is 1.09 bits per heavy atom. The topological polar surface area (TPSA) is 54.0 Å². The predicted octanol–water partition coefficient (Wildman–Crippen LogP) is 7.07. The highest BCUT2D eigenvalue weighted by Crippen LogP contribution is 2.45. The van der Waals surface area contributed by atoms with Crippen molar-refractivity contribution < 1.29 is 23.4 Å². The monoisotopic (exact) mass is 504 g/mol. The smallest absolute Gasteiger partial charge is 0.330 e. The summed E-state index contributed by atoms with van der Waals surface area (Å²) in [4.78, 5) is 11.8. The van der Waals surface area contributed by atoms with Crippen LogP contribution in [0.5, 0.6) is 0 Å². The SMILES string of the molecule is CCOC(=O)/C=C/C[C@@H]1C[C@@H](O[Si](C(C)C)(C(C)C)C(C)C)[C@H](C)[C@H](COCc2ccccc2)O1. The van der Waals surface area contributed by atoms with Crippen LogP contribution in [0.4, 0.5) is 0 Å². The fourth-order valence-electron chi connectivity index (χ4n) is 5.68. The van der Waals surface area contributed by atoms with Crippen molar-refractivity contribution in [2.75, 3.05) is 13.2 Å². The molecular formula is C29H48O5Si. The van der Waals surface area contributed by atoms with Crippen LogP contribution in [0.2, 0.25) is 16.6 Å². The third-order valence-corrected chi connectivity index (χ3v) is 13.6. The number of hydrogen-bond acceptors (Lipinski definition) is 5. The summed E-state index contributed by atoms with van der Waals surface area (Å²) in [6, 6.07) is 10.2. The van der Waals surface area contributed by atoms with Crippen LogP contribution < -0.4 is 0 Å². The molecule has 0 aromatic heterocycles. The van der Waals surface area contributed by atoms with Gasteiger partial charge >= 0.3 is 5.97 Å². The van der Waals surface area contributed by atoms with Crippen LogP contribution in [0.25, 0.3) is 0 Å². The summed E-state index contributed by atoms with van der Waals surface area (Å²) in [5.41, 5.74) is 2.72. The van der Waals surface area contributed by atoms with Crippen LogP contribution in [0.1, 0.15) is 73.8 Å². The van der Waals surface area contributed by atoms with Gasteiger partial charge in [-0.2, -0.15) is 0 Å². The van der Waals surface area contributed by atoms with Crippen LogP contribution in [0.15, 0.2) is 42.5 Å². The summed E-state index contributed by atoms with van der Waals surface area (Å²) >= 11 is 0. The lowest BCUT2D eigenvalue weighted by atomic mass is 9.89. The zero-order valence-electron chi connectivity index (χ0n) is 23.2. The molecule has 1 aliphatic rings. The van der Waals surface area contributed by atoms with Crippen molar-refractivity contribution in [2.24, 2.45) is 5.92 Å². The summed E-state index contributed by atoms with van der Waals surface area (Å²) in [6.07, 6.45) is 4.88. The molecule has 0 spiro atoms. The normalized spacial score (nSPS) is 23.5. The Labute approximate surface area is 214 Å². The molecule has 5 nitrogen and oxygen atoms in total. The maximum Gasteiger partial charge on any atom is 0.330 e. The van der Waals surface area contributed by atoms with Gasteiger partial charge < -0.3 is 18.6 Å². The Kier molecular flexibility index (Phi) is 12.2. The minimum atomic E-state index is -2.05. The molecule has 0 unspecified atom stereocenters. The minimum Gasteiger partial charge on any atom is -0.463 e. The van der Waals surface area contributed by atoms with Gasteiger partial charge in [-0.1, -0.05) is 84.9 Å². The second kappa shape index (κ2) is 14.3. The molecule has 1 aromatic carbocycles. The Balaban J connectivity index is 2.18. The zero-order chi connectivity index (χ0) is 26.0. The Hall–Kier alpha value is -1.47. The van der Waals surface area contributed by atoms with Gasteiger partial charge in [0.2, 0.25) is 8.32 Å². The molecule has 4 atom stereocenters. The third kappa shape index (κ3) is 8.27. The Bertz CT molecular complexity index is 755. The molecule has 198 valence electrons. The van der Waals surface area contributed by atoms with Crippen molar-refractivity contribution in [3.05, 3.63) is 48.0 Å². The van der Waals surface area contributed by atoms with E-state index >= 15 is 0 Å². The molecule has 1 heterocycles. The number of hydrogen-bond donors (Lipinski definition) is 0. The fraction of sp³-hybridized carbons (Fsp3) is 0.690. The summed E-state index contributed by atoms with van der Waals surface area (Å²) < 4.78 is 24.9. The van der Waals surface area contributed by atoms with Crippen LogP contribution >= 0.6 is 0 Å². The van der Waals surface area contributed by atoms with Gasteiger partial charge in [-0.05, 0) is 42.0 Å². The summed E-state index contributed by atoms with van der Waals surface area (Å²) in [7, 11) is -2.05. The first kappa shape index (κ1) is 29.8. The molecule has 6 heteroatoms. The number of esters is 1. The van der Waals surface area contributed by atoms with Gasteiger partial charge in [-0.15, -0.1) is 0 Å². The fourth-order valence-corrected chi connectivity index (χ4v) is 11.3. The summed E-state index contributed by atoms with van der Waals surface area (Å²) in [6.45, 7) is 19.5. The number of carbonyl (C=O) groups is 1. The van der Waals surface area contributed by atoms with E-state index in [0.717, 1.165) is 12.0 Å². The first-order valence-corrected chi connectivity index (χ1v) is 15.5. The maximum absolute atomic E-state index is 11.8. The highest BCUT2D eigenvalue weighted by Gasteiger charge is 2.49. The van der Waals surface area contributed by atoms with E-state index in [-0.39, 0.29) is 30.2 Å². The molecule has 2 rings (SSSR count). The van der Waals surface area contributed by atoms with Gasteiger partial charge in [0, 0.05) is 12.0 Å². The molecule has 35 heavy (non-hydrogen) atoms. The molecule has 0 radical (unpaired) electrons. The van der Waals surface area contributed by atoms with E-state index < -0.39 is 8.32 Å². The lowest BCUT2D eigenvalue weighted by Gasteiger charge is -2.49. The van der Waals surface area contributed by atoms with Gasteiger partial charge in [-0.3, -0.25) is 0 Å². The molecule has 1 aromatic rings.